The molecule has 0 aromatic heterocycles. The molecule has 0 bridgehead atoms. The molecule has 1 aliphatic carbocycles. The second-order valence-corrected chi connectivity index (χ2v) is 8.81. The number of ether oxygens (including phenoxy) is 1. The number of carbonyl (C=O) groups excluding carboxylic acids is 3. The second-order valence-electron chi connectivity index (χ2n) is 8.81. The smallest absolute Gasteiger partial charge is 0.325 e. The van der Waals surface area contributed by atoms with Gasteiger partial charge in [0.2, 0.25) is 5.91 Å². The fraction of sp³-hybridized carbons (Fsp3) is 0.591. The van der Waals surface area contributed by atoms with E-state index in [9.17, 15) is 14.4 Å². The Bertz CT molecular complexity index is 872. The molecule has 8 nitrogen and oxygen atoms in total. The molecular weight excluding hydrogens is 384 g/mol. The number of carbonyl (C=O) groups is 3. The van der Waals surface area contributed by atoms with E-state index < -0.39 is 11.6 Å². The quantitative estimate of drug-likeness (QED) is 0.750. The van der Waals surface area contributed by atoms with Crippen LogP contribution in [-0.2, 0) is 22.6 Å². The fourth-order valence-electron chi connectivity index (χ4n) is 5.12. The fourth-order valence-corrected chi connectivity index (χ4v) is 5.12. The third-order valence-corrected chi connectivity index (χ3v) is 6.88. The Labute approximate surface area is 176 Å². The SMILES string of the molecule is O=C(CN1C(=O)NC2(CCCC2)C1=O)N1CCN(Cc2ccc3c(c2)CCO3)CC1. The van der Waals surface area contributed by atoms with E-state index in [1.165, 1.54) is 11.1 Å². The number of hydrogen-bond donors (Lipinski definition) is 1. The number of amides is 4. The van der Waals surface area contributed by atoms with Gasteiger partial charge in [-0.25, -0.2) is 4.79 Å². The van der Waals surface area contributed by atoms with Gasteiger partial charge in [-0.3, -0.25) is 19.4 Å². The highest BCUT2D eigenvalue weighted by Gasteiger charge is 2.52. The van der Waals surface area contributed by atoms with Crippen LogP contribution in [0.2, 0.25) is 0 Å². The Morgan fingerprint density at radius 3 is 2.63 bits per heavy atom. The number of hydrogen-bond acceptors (Lipinski definition) is 5. The summed E-state index contributed by atoms with van der Waals surface area (Å²) >= 11 is 0. The molecule has 4 amide bonds. The van der Waals surface area contributed by atoms with Crippen molar-refractivity contribution in [2.75, 3.05) is 39.3 Å². The van der Waals surface area contributed by atoms with E-state index in [1.54, 1.807) is 4.90 Å². The van der Waals surface area contributed by atoms with Crippen molar-refractivity contribution in [1.82, 2.24) is 20.0 Å². The normalized spacial score (nSPS) is 23.1. The number of benzene rings is 1. The predicted octanol–water partition coefficient (Wildman–Crippen LogP) is 1.13. The summed E-state index contributed by atoms with van der Waals surface area (Å²) < 4.78 is 5.57. The van der Waals surface area contributed by atoms with E-state index in [1.807, 2.05) is 6.07 Å². The van der Waals surface area contributed by atoms with Crippen molar-refractivity contribution in [2.45, 2.75) is 44.2 Å². The van der Waals surface area contributed by atoms with Crippen molar-refractivity contribution in [1.29, 1.82) is 0 Å². The lowest BCUT2D eigenvalue weighted by Gasteiger charge is -2.35. The minimum absolute atomic E-state index is 0.150. The molecule has 3 heterocycles. The van der Waals surface area contributed by atoms with Crippen LogP contribution in [0.5, 0.6) is 5.75 Å². The Morgan fingerprint density at radius 2 is 1.87 bits per heavy atom. The summed E-state index contributed by atoms with van der Waals surface area (Å²) in [6.45, 7) is 4.25. The van der Waals surface area contributed by atoms with Crippen molar-refractivity contribution in [3.05, 3.63) is 29.3 Å². The molecule has 5 rings (SSSR count). The molecule has 0 unspecified atom stereocenters. The summed E-state index contributed by atoms with van der Waals surface area (Å²) in [5, 5.41) is 2.84. The zero-order chi connectivity index (χ0) is 20.7. The number of fused-ring (bicyclic) bond motifs is 1. The maximum Gasteiger partial charge on any atom is 0.325 e. The zero-order valence-corrected chi connectivity index (χ0v) is 17.2. The van der Waals surface area contributed by atoms with E-state index in [2.05, 4.69) is 22.3 Å². The standard InChI is InChI=1S/C22H28N4O4/c27-19(15-26-20(28)22(23-21(26)29)6-1-2-7-22)25-10-8-24(9-11-25)14-16-3-4-18-17(13-16)5-12-30-18/h3-4,13H,1-2,5-12,14-15H2,(H,23,29). The van der Waals surface area contributed by atoms with Gasteiger partial charge in [-0.05, 0) is 30.0 Å². The number of piperazine rings is 1. The van der Waals surface area contributed by atoms with Gasteiger partial charge in [-0.15, -0.1) is 0 Å². The first kappa shape index (κ1) is 19.4. The van der Waals surface area contributed by atoms with Crippen molar-refractivity contribution >= 4 is 17.8 Å². The molecule has 30 heavy (non-hydrogen) atoms. The summed E-state index contributed by atoms with van der Waals surface area (Å²) in [5.41, 5.74) is 1.78. The summed E-state index contributed by atoms with van der Waals surface area (Å²) in [7, 11) is 0. The van der Waals surface area contributed by atoms with Gasteiger partial charge in [0.25, 0.3) is 5.91 Å². The second kappa shape index (κ2) is 7.58. The molecule has 2 saturated heterocycles. The first-order chi connectivity index (χ1) is 14.5. The lowest BCUT2D eigenvalue weighted by molar-refractivity contribution is -0.140. The lowest BCUT2D eigenvalue weighted by Crippen LogP contribution is -2.52. The van der Waals surface area contributed by atoms with Crippen LogP contribution in [0.1, 0.15) is 36.8 Å². The predicted molar refractivity (Wildman–Crippen MR) is 109 cm³/mol. The van der Waals surface area contributed by atoms with Gasteiger partial charge in [-0.2, -0.15) is 0 Å². The van der Waals surface area contributed by atoms with Crippen molar-refractivity contribution < 1.29 is 19.1 Å². The minimum Gasteiger partial charge on any atom is -0.493 e. The highest BCUT2D eigenvalue weighted by Crippen LogP contribution is 2.35. The first-order valence-corrected chi connectivity index (χ1v) is 10.9. The molecule has 1 spiro atoms. The van der Waals surface area contributed by atoms with E-state index in [0.29, 0.717) is 25.9 Å². The minimum atomic E-state index is -0.753. The molecule has 160 valence electrons. The number of imide groups is 1. The molecule has 1 N–H and O–H groups in total. The van der Waals surface area contributed by atoms with Crippen LogP contribution in [0.15, 0.2) is 18.2 Å². The van der Waals surface area contributed by atoms with Crippen molar-refractivity contribution in [3.63, 3.8) is 0 Å². The van der Waals surface area contributed by atoms with Gasteiger partial charge in [0.15, 0.2) is 0 Å². The molecular formula is C22H28N4O4. The summed E-state index contributed by atoms with van der Waals surface area (Å²) in [6.07, 6.45) is 4.20. The van der Waals surface area contributed by atoms with Gasteiger partial charge in [0.1, 0.15) is 17.8 Å². The van der Waals surface area contributed by atoms with Crippen LogP contribution in [0.4, 0.5) is 4.79 Å². The van der Waals surface area contributed by atoms with Gasteiger partial charge in [0.05, 0.1) is 6.61 Å². The highest BCUT2D eigenvalue weighted by atomic mass is 16.5. The van der Waals surface area contributed by atoms with Gasteiger partial charge in [-0.1, -0.05) is 25.0 Å². The summed E-state index contributed by atoms with van der Waals surface area (Å²) in [4.78, 5) is 43.0. The third kappa shape index (κ3) is 3.43. The van der Waals surface area contributed by atoms with Crippen molar-refractivity contribution in [3.8, 4) is 5.75 Å². The largest absolute Gasteiger partial charge is 0.493 e. The maximum atomic E-state index is 12.8. The molecule has 0 radical (unpaired) electrons. The van der Waals surface area contributed by atoms with Crippen molar-refractivity contribution in [2.24, 2.45) is 0 Å². The van der Waals surface area contributed by atoms with Crippen LogP contribution < -0.4 is 10.1 Å². The Balaban J connectivity index is 1.14. The highest BCUT2D eigenvalue weighted by molar-refractivity contribution is 6.09. The average Bonchev–Trinajstić information content (AvgIpc) is 3.45. The maximum absolute atomic E-state index is 12.8. The van der Waals surface area contributed by atoms with E-state index >= 15 is 0 Å². The van der Waals surface area contributed by atoms with Crippen LogP contribution in [0.3, 0.4) is 0 Å². The number of nitrogens with one attached hydrogen (secondary N) is 1. The molecule has 8 heteroatoms. The number of rotatable bonds is 4. The summed E-state index contributed by atoms with van der Waals surface area (Å²) in [5.74, 6) is 0.620. The van der Waals surface area contributed by atoms with Crippen LogP contribution >= 0.6 is 0 Å². The Morgan fingerprint density at radius 1 is 1.10 bits per heavy atom. The Kier molecular flexibility index (Phi) is 4.89. The average molecular weight is 412 g/mol. The molecule has 0 atom stereocenters. The molecule has 3 aliphatic heterocycles. The number of nitrogens with zero attached hydrogens (tertiary/aromatic N) is 3. The molecule has 1 saturated carbocycles. The third-order valence-electron chi connectivity index (χ3n) is 6.88. The van der Waals surface area contributed by atoms with E-state index in [0.717, 1.165) is 56.2 Å². The monoisotopic (exact) mass is 412 g/mol. The topological polar surface area (TPSA) is 82.2 Å². The van der Waals surface area contributed by atoms with E-state index in [-0.39, 0.29) is 18.4 Å². The van der Waals surface area contributed by atoms with Gasteiger partial charge >= 0.3 is 6.03 Å². The van der Waals surface area contributed by atoms with Gasteiger partial charge < -0.3 is 15.0 Å². The Hall–Kier alpha value is -2.61. The number of urea groups is 1. The summed E-state index contributed by atoms with van der Waals surface area (Å²) in [6, 6.07) is 5.95. The lowest BCUT2D eigenvalue weighted by atomic mass is 9.98. The molecule has 1 aromatic carbocycles. The van der Waals surface area contributed by atoms with Crippen LogP contribution in [0, 0.1) is 0 Å². The van der Waals surface area contributed by atoms with Gasteiger partial charge in [0, 0.05) is 39.1 Å². The molecule has 1 aromatic rings. The zero-order valence-electron chi connectivity index (χ0n) is 17.2. The van der Waals surface area contributed by atoms with Crippen LogP contribution in [-0.4, -0.2) is 77.4 Å². The van der Waals surface area contributed by atoms with Crippen LogP contribution in [0.25, 0.3) is 0 Å². The first-order valence-electron chi connectivity index (χ1n) is 10.9. The molecule has 3 fully saturated rings. The molecule has 4 aliphatic rings. The van der Waals surface area contributed by atoms with E-state index in [4.69, 9.17) is 4.74 Å².